The van der Waals surface area contributed by atoms with Crippen molar-refractivity contribution in [3.8, 4) is 17.2 Å². The molecule has 40 heavy (non-hydrogen) atoms. The van der Waals surface area contributed by atoms with Gasteiger partial charge in [0.05, 0.1) is 19.4 Å². The number of hydrogen-bond acceptors (Lipinski definition) is 6. The van der Waals surface area contributed by atoms with Crippen LogP contribution in [-0.2, 0) is 22.6 Å². The number of rotatable bonds is 17. The molecule has 8 heteroatoms. The summed E-state index contributed by atoms with van der Waals surface area (Å²) < 4.78 is 17.0. The minimum atomic E-state index is -1.06. The smallest absolute Gasteiger partial charge is 0.328 e. The van der Waals surface area contributed by atoms with E-state index in [0.29, 0.717) is 35.2 Å². The lowest BCUT2D eigenvalue weighted by Crippen LogP contribution is -2.06. The lowest BCUT2D eigenvalue weighted by atomic mass is 10.0. The molecule has 212 valence electrons. The molecule has 0 spiro atoms. The number of aryl methyl sites for hydroxylation is 1. The van der Waals surface area contributed by atoms with Crippen LogP contribution in [0.4, 0.5) is 5.69 Å². The van der Waals surface area contributed by atoms with Crippen LogP contribution in [0.15, 0.2) is 66.7 Å². The van der Waals surface area contributed by atoms with Gasteiger partial charge in [0.2, 0.25) is 5.91 Å². The van der Waals surface area contributed by atoms with Gasteiger partial charge in [0, 0.05) is 24.8 Å². The Kier molecular flexibility index (Phi) is 12.5. The van der Waals surface area contributed by atoms with E-state index in [2.05, 4.69) is 22.4 Å². The number of aliphatic carboxylic acids is 1. The van der Waals surface area contributed by atoms with E-state index in [1.54, 1.807) is 43.5 Å². The first-order chi connectivity index (χ1) is 19.4. The van der Waals surface area contributed by atoms with E-state index in [1.807, 2.05) is 12.1 Å². The van der Waals surface area contributed by atoms with Crippen molar-refractivity contribution in [2.45, 2.75) is 58.5 Å². The van der Waals surface area contributed by atoms with Gasteiger partial charge in [0.15, 0.2) is 0 Å². The molecule has 3 aromatic rings. The molecule has 8 nitrogen and oxygen atoms in total. The van der Waals surface area contributed by atoms with Crippen molar-refractivity contribution in [1.29, 1.82) is 0 Å². The minimum absolute atomic E-state index is 0.162. The van der Waals surface area contributed by atoms with Gasteiger partial charge in [-0.2, -0.15) is 0 Å². The summed E-state index contributed by atoms with van der Waals surface area (Å²) in [7, 11) is 1.68. The fraction of sp³-hybridized carbons (Fsp3) is 0.344. The highest BCUT2D eigenvalue weighted by atomic mass is 16.5. The van der Waals surface area contributed by atoms with Crippen molar-refractivity contribution in [3.63, 3.8) is 0 Å². The number of unbranched alkanes of at least 4 members (excludes halogenated alkanes) is 5. The molecule has 2 aromatic carbocycles. The van der Waals surface area contributed by atoms with Crippen LogP contribution in [0.2, 0.25) is 0 Å². The van der Waals surface area contributed by atoms with Gasteiger partial charge in [0.25, 0.3) is 0 Å². The van der Waals surface area contributed by atoms with Gasteiger partial charge in [-0.3, -0.25) is 4.79 Å². The summed E-state index contributed by atoms with van der Waals surface area (Å²) in [6, 6.07) is 18.9. The third kappa shape index (κ3) is 11.2. The number of carboxylic acid groups (broad SMARTS) is 1. The number of hydrogen-bond donors (Lipinski definition) is 2. The number of carboxylic acids is 1. The Labute approximate surface area is 236 Å². The fourth-order valence-electron chi connectivity index (χ4n) is 4.11. The van der Waals surface area contributed by atoms with Crippen LogP contribution in [0, 0.1) is 0 Å². The number of amides is 1. The highest BCUT2D eigenvalue weighted by molar-refractivity contribution is 5.88. The fourth-order valence-corrected chi connectivity index (χ4v) is 4.11. The molecule has 0 aliphatic rings. The highest BCUT2D eigenvalue weighted by Crippen LogP contribution is 2.22. The molecular formula is C32H38N2O6. The van der Waals surface area contributed by atoms with E-state index in [0.717, 1.165) is 37.5 Å². The van der Waals surface area contributed by atoms with Crippen LogP contribution < -0.4 is 19.5 Å². The molecule has 2 N–H and O–H groups in total. The highest BCUT2D eigenvalue weighted by Gasteiger charge is 2.08. The molecule has 0 unspecified atom stereocenters. The first-order valence-electron chi connectivity index (χ1n) is 13.6. The second-order valence-corrected chi connectivity index (χ2v) is 9.42. The van der Waals surface area contributed by atoms with Crippen molar-refractivity contribution in [2.75, 3.05) is 19.0 Å². The zero-order valence-electron chi connectivity index (χ0n) is 23.2. The van der Waals surface area contributed by atoms with E-state index in [-0.39, 0.29) is 12.5 Å². The van der Waals surface area contributed by atoms with E-state index < -0.39 is 5.97 Å². The van der Waals surface area contributed by atoms with Crippen LogP contribution in [0.3, 0.4) is 0 Å². The summed E-state index contributed by atoms with van der Waals surface area (Å²) in [4.78, 5) is 26.9. The number of benzene rings is 2. The lowest BCUT2D eigenvalue weighted by Gasteiger charge is -2.12. The Morgan fingerprint density at radius 1 is 0.900 bits per heavy atom. The van der Waals surface area contributed by atoms with Crippen LogP contribution in [0.1, 0.15) is 62.4 Å². The Morgan fingerprint density at radius 2 is 1.65 bits per heavy atom. The van der Waals surface area contributed by atoms with Crippen LogP contribution >= 0.6 is 0 Å². The molecule has 0 saturated heterocycles. The standard InChI is InChI=1S/C32H38N2O6/c1-24(35)33-26-11-9-12-29(22-26)40-23-27-15-19-31(30(34-27)18-20-32(36)37)39-21-8-6-4-3-5-7-10-25-13-16-28(38-2)17-14-25/h9,11-20,22H,3-8,10,21,23H2,1-2H3,(H,33,35)(H,36,37). The van der Waals surface area contributed by atoms with Crippen molar-refractivity contribution in [1.82, 2.24) is 4.98 Å². The summed E-state index contributed by atoms with van der Waals surface area (Å²) >= 11 is 0. The monoisotopic (exact) mass is 546 g/mol. The number of ether oxygens (including phenoxy) is 3. The van der Waals surface area contributed by atoms with Gasteiger partial charge in [0.1, 0.15) is 29.5 Å². The molecular weight excluding hydrogens is 508 g/mol. The van der Waals surface area contributed by atoms with E-state index in [4.69, 9.17) is 19.3 Å². The maximum Gasteiger partial charge on any atom is 0.328 e. The predicted octanol–water partition coefficient (Wildman–Crippen LogP) is 6.69. The molecule has 0 atom stereocenters. The minimum Gasteiger partial charge on any atom is -0.497 e. The van der Waals surface area contributed by atoms with Gasteiger partial charge in [-0.25, -0.2) is 9.78 Å². The van der Waals surface area contributed by atoms with Gasteiger partial charge in [-0.05, 0) is 67.3 Å². The average Bonchev–Trinajstić information content (AvgIpc) is 2.94. The Hall–Kier alpha value is -4.33. The van der Waals surface area contributed by atoms with E-state index >= 15 is 0 Å². The Bertz CT molecular complexity index is 1260. The maximum atomic E-state index is 11.3. The topological polar surface area (TPSA) is 107 Å². The maximum absolute atomic E-state index is 11.3. The molecule has 1 heterocycles. The second kappa shape index (κ2) is 16.6. The van der Waals surface area contributed by atoms with Crippen molar-refractivity contribution < 1.29 is 28.9 Å². The zero-order chi connectivity index (χ0) is 28.6. The van der Waals surface area contributed by atoms with Crippen molar-refractivity contribution in [3.05, 3.63) is 83.7 Å². The summed E-state index contributed by atoms with van der Waals surface area (Å²) in [5.74, 6) is 0.783. The largest absolute Gasteiger partial charge is 0.497 e. The third-order valence-corrected chi connectivity index (χ3v) is 6.14. The first kappa shape index (κ1) is 30.2. The normalized spacial score (nSPS) is 10.8. The number of carbonyl (C=O) groups excluding carboxylic acids is 1. The second-order valence-electron chi connectivity index (χ2n) is 9.42. The van der Waals surface area contributed by atoms with Crippen LogP contribution in [0.25, 0.3) is 6.08 Å². The summed E-state index contributed by atoms with van der Waals surface area (Å²) in [5, 5.41) is 11.8. The molecule has 1 aromatic heterocycles. The summed E-state index contributed by atoms with van der Waals surface area (Å²) in [6.07, 6.45) is 10.2. The SMILES string of the molecule is COc1ccc(CCCCCCCCOc2ccc(COc3cccc(NC(C)=O)c3)nc2C=CC(=O)O)cc1. The lowest BCUT2D eigenvalue weighted by molar-refractivity contribution is -0.131. The van der Waals surface area contributed by atoms with Crippen molar-refractivity contribution in [2.24, 2.45) is 0 Å². The Morgan fingerprint density at radius 3 is 2.38 bits per heavy atom. The number of anilines is 1. The number of nitrogens with one attached hydrogen (secondary N) is 1. The molecule has 0 radical (unpaired) electrons. The van der Waals surface area contributed by atoms with Gasteiger partial charge >= 0.3 is 5.97 Å². The molecule has 1 amide bonds. The Balaban J connectivity index is 1.41. The number of nitrogens with zero attached hydrogens (tertiary/aromatic N) is 1. The van der Waals surface area contributed by atoms with Crippen LogP contribution in [0.5, 0.6) is 17.2 Å². The number of pyridine rings is 1. The zero-order valence-corrected chi connectivity index (χ0v) is 23.2. The van der Waals surface area contributed by atoms with Gasteiger partial charge in [-0.1, -0.05) is 43.9 Å². The molecule has 0 saturated carbocycles. The van der Waals surface area contributed by atoms with Gasteiger partial charge in [-0.15, -0.1) is 0 Å². The number of carbonyl (C=O) groups is 2. The van der Waals surface area contributed by atoms with Gasteiger partial charge < -0.3 is 24.6 Å². The quantitative estimate of drug-likeness (QED) is 0.143. The average molecular weight is 547 g/mol. The van der Waals surface area contributed by atoms with Crippen molar-refractivity contribution >= 4 is 23.6 Å². The predicted molar refractivity (Wildman–Crippen MR) is 156 cm³/mol. The first-order valence-corrected chi connectivity index (χ1v) is 13.6. The number of aromatic nitrogens is 1. The molecule has 0 fully saturated rings. The van der Waals surface area contributed by atoms with E-state index in [1.165, 1.54) is 37.8 Å². The molecule has 0 bridgehead atoms. The number of methoxy groups -OCH3 is 1. The molecule has 0 aliphatic carbocycles. The third-order valence-electron chi connectivity index (χ3n) is 6.14. The van der Waals surface area contributed by atoms with E-state index in [9.17, 15) is 9.59 Å². The molecule has 0 aliphatic heterocycles. The molecule has 3 rings (SSSR count). The summed E-state index contributed by atoms with van der Waals surface area (Å²) in [6.45, 7) is 2.16. The summed E-state index contributed by atoms with van der Waals surface area (Å²) in [5.41, 5.74) is 3.04. The van der Waals surface area contributed by atoms with Crippen LogP contribution in [-0.4, -0.2) is 35.7 Å².